The summed E-state index contributed by atoms with van der Waals surface area (Å²) in [6.45, 7) is 1.79. The van der Waals surface area contributed by atoms with Crippen molar-refractivity contribution < 1.29 is 13.2 Å². The molecule has 0 radical (unpaired) electrons. The molecule has 1 heterocycles. The van der Waals surface area contributed by atoms with Gasteiger partial charge in [-0.05, 0) is 13.2 Å². The number of aryl methyl sites for hydroxylation is 1. The maximum absolute atomic E-state index is 12.2. The van der Waals surface area contributed by atoms with Crippen molar-refractivity contribution in [2.24, 2.45) is 7.05 Å². The summed E-state index contributed by atoms with van der Waals surface area (Å²) in [6, 6.07) is 0. The average molecular weight is 225 g/mol. The van der Waals surface area contributed by atoms with Crippen molar-refractivity contribution in [2.75, 3.05) is 6.26 Å². The van der Waals surface area contributed by atoms with Gasteiger partial charge in [-0.15, -0.1) is 5.10 Å². The smallest absolute Gasteiger partial charge is 0.251 e. The predicted octanol–water partition coefficient (Wildman–Crippen LogP) is 2.26. The lowest BCUT2D eigenvalue weighted by atomic mass is 10.4. The van der Waals surface area contributed by atoms with E-state index in [0.717, 1.165) is 0 Å². The molecule has 0 spiro atoms. The number of halogens is 3. The highest BCUT2D eigenvalue weighted by Crippen LogP contribution is 2.29. The Hall–Kier alpha value is -0.720. The summed E-state index contributed by atoms with van der Waals surface area (Å²) in [7, 11) is 1.46. The maximum Gasteiger partial charge on any atom is 0.453 e. The van der Waals surface area contributed by atoms with Crippen molar-refractivity contribution in [3.05, 3.63) is 11.6 Å². The molecule has 0 aromatic carbocycles. The molecule has 1 aromatic rings. The summed E-state index contributed by atoms with van der Waals surface area (Å²) in [5, 5.41) is 3.22. The molecule has 0 saturated heterocycles. The van der Waals surface area contributed by atoms with Crippen LogP contribution >= 0.6 is 11.8 Å². The molecular weight excluding hydrogens is 215 g/mol. The van der Waals surface area contributed by atoms with E-state index in [4.69, 9.17) is 0 Å². The zero-order valence-electron chi connectivity index (χ0n) is 7.96. The van der Waals surface area contributed by atoms with E-state index in [1.54, 1.807) is 6.92 Å². The summed E-state index contributed by atoms with van der Waals surface area (Å²) in [5.74, 6) is -0.735. The van der Waals surface area contributed by atoms with Gasteiger partial charge in [0.25, 0.3) is 5.82 Å². The second kappa shape index (κ2) is 3.80. The van der Waals surface area contributed by atoms with E-state index >= 15 is 0 Å². The molecule has 1 unspecified atom stereocenters. The highest BCUT2D eigenvalue weighted by Gasteiger charge is 2.37. The van der Waals surface area contributed by atoms with Crippen LogP contribution in [-0.2, 0) is 13.2 Å². The van der Waals surface area contributed by atoms with Gasteiger partial charge >= 0.3 is 6.18 Å². The van der Waals surface area contributed by atoms with Crippen LogP contribution in [0.15, 0.2) is 0 Å². The third-order valence-electron chi connectivity index (χ3n) is 1.77. The van der Waals surface area contributed by atoms with Gasteiger partial charge in [-0.1, -0.05) is 0 Å². The minimum Gasteiger partial charge on any atom is -0.251 e. The first-order valence-electron chi connectivity index (χ1n) is 3.87. The van der Waals surface area contributed by atoms with Crippen molar-refractivity contribution >= 4 is 11.8 Å². The maximum atomic E-state index is 12.2. The first kappa shape index (κ1) is 11.4. The van der Waals surface area contributed by atoms with E-state index in [9.17, 15) is 13.2 Å². The molecule has 7 heteroatoms. The molecule has 0 saturated carbocycles. The normalized spacial score (nSPS) is 14.4. The Balaban J connectivity index is 3.05. The van der Waals surface area contributed by atoms with Crippen LogP contribution in [0.3, 0.4) is 0 Å². The fourth-order valence-corrected chi connectivity index (χ4v) is 1.39. The molecular formula is C7H10F3N3S. The zero-order chi connectivity index (χ0) is 10.9. The Morgan fingerprint density at radius 3 is 2.36 bits per heavy atom. The number of nitrogens with zero attached hydrogens (tertiary/aromatic N) is 3. The Kier molecular flexibility index (Phi) is 3.08. The molecule has 0 aliphatic heterocycles. The highest BCUT2D eigenvalue weighted by molar-refractivity contribution is 7.98. The Morgan fingerprint density at radius 1 is 1.43 bits per heavy atom. The van der Waals surface area contributed by atoms with Crippen LogP contribution in [0.2, 0.25) is 0 Å². The van der Waals surface area contributed by atoms with E-state index in [1.165, 1.54) is 23.5 Å². The fraction of sp³-hybridized carbons (Fsp3) is 0.714. The summed E-state index contributed by atoms with van der Waals surface area (Å²) >= 11 is 1.43. The van der Waals surface area contributed by atoms with Crippen molar-refractivity contribution in [1.29, 1.82) is 0 Å². The summed E-state index contributed by atoms with van der Waals surface area (Å²) in [5.41, 5.74) is 0. The van der Waals surface area contributed by atoms with Crippen LogP contribution < -0.4 is 0 Å². The Bertz CT molecular complexity index is 320. The lowest BCUT2D eigenvalue weighted by Gasteiger charge is -2.05. The van der Waals surface area contributed by atoms with E-state index in [2.05, 4.69) is 10.1 Å². The third kappa shape index (κ3) is 2.20. The second-order valence-electron chi connectivity index (χ2n) is 2.79. The van der Waals surface area contributed by atoms with E-state index in [0.29, 0.717) is 5.82 Å². The summed E-state index contributed by atoms with van der Waals surface area (Å²) < 4.78 is 37.8. The average Bonchev–Trinajstić information content (AvgIpc) is 2.45. The molecule has 1 atom stereocenters. The number of thioether (sulfide) groups is 1. The number of aromatic nitrogens is 3. The Labute approximate surface area is 83.7 Å². The van der Waals surface area contributed by atoms with Crippen molar-refractivity contribution in [3.63, 3.8) is 0 Å². The molecule has 0 N–H and O–H groups in total. The molecule has 3 nitrogen and oxygen atoms in total. The van der Waals surface area contributed by atoms with E-state index in [-0.39, 0.29) is 5.25 Å². The number of rotatable bonds is 2. The zero-order valence-corrected chi connectivity index (χ0v) is 8.78. The molecule has 1 rings (SSSR count). The topological polar surface area (TPSA) is 30.7 Å². The minimum absolute atomic E-state index is 0.0939. The van der Waals surface area contributed by atoms with Crippen molar-refractivity contribution in [2.45, 2.75) is 18.3 Å². The first-order chi connectivity index (χ1) is 6.36. The van der Waals surface area contributed by atoms with Crippen LogP contribution in [0.5, 0.6) is 0 Å². The lowest BCUT2D eigenvalue weighted by molar-refractivity contribution is -0.145. The Morgan fingerprint density at radius 2 is 2.00 bits per heavy atom. The van der Waals surface area contributed by atoms with Crippen molar-refractivity contribution in [3.8, 4) is 0 Å². The van der Waals surface area contributed by atoms with Gasteiger partial charge in [0.15, 0.2) is 0 Å². The SMILES string of the molecule is CSC(C)c1nc(C(F)(F)F)nn1C. The molecule has 0 aliphatic rings. The number of hydrogen-bond donors (Lipinski definition) is 0. The van der Waals surface area contributed by atoms with Crippen LogP contribution in [-0.4, -0.2) is 21.0 Å². The second-order valence-corrected chi connectivity index (χ2v) is 3.97. The van der Waals surface area contributed by atoms with Gasteiger partial charge in [0.05, 0.1) is 5.25 Å². The van der Waals surface area contributed by atoms with Crippen LogP contribution in [0.25, 0.3) is 0 Å². The summed E-state index contributed by atoms with van der Waals surface area (Å²) in [4.78, 5) is 3.46. The van der Waals surface area contributed by atoms with Gasteiger partial charge in [-0.3, -0.25) is 4.68 Å². The number of hydrogen-bond acceptors (Lipinski definition) is 3. The van der Waals surface area contributed by atoms with Gasteiger partial charge in [0, 0.05) is 7.05 Å². The number of alkyl halides is 3. The van der Waals surface area contributed by atoms with Gasteiger partial charge in [0.1, 0.15) is 5.82 Å². The van der Waals surface area contributed by atoms with Crippen LogP contribution in [0.4, 0.5) is 13.2 Å². The molecule has 0 bridgehead atoms. The molecule has 0 amide bonds. The highest BCUT2D eigenvalue weighted by atomic mass is 32.2. The molecule has 1 aromatic heterocycles. The van der Waals surface area contributed by atoms with E-state index < -0.39 is 12.0 Å². The molecule has 14 heavy (non-hydrogen) atoms. The largest absolute Gasteiger partial charge is 0.453 e. The summed E-state index contributed by atoms with van der Waals surface area (Å²) in [6.07, 6.45) is -2.65. The van der Waals surface area contributed by atoms with Crippen molar-refractivity contribution in [1.82, 2.24) is 14.8 Å². The van der Waals surface area contributed by atoms with E-state index in [1.807, 2.05) is 6.26 Å². The first-order valence-corrected chi connectivity index (χ1v) is 5.16. The molecule has 0 aliphatic carbocycles. The lowest BCUT2D eigenvalue weighted by Crippen LogP contribution is -2.08. The standard InChI is InChI=1S/C7H10F3N3S/c1-4(14-3)5-11-6(7(8,9)10)12-13(5)2/h4H,1-3H3. The van der Waals surface area contributed by atoms with Gasteiger partial charge < -0.3 is 0 Å². The van der Waals surface area contributed by atoms with Crippen LogP contribution in [0.1, 0.15) is 23.8 Å². The fourth-order valence-electron chi connectivity index (χ4n) is 0.976. The third-order valence-corrected chi connectivity index (χ3v) is 2.69. The quantitative estimate of drug-likeness (QED) is 0.773. The minimum atomic E-state index is -4.46. The molecule has 80 valence electrons. The molecule has 0 fully saturated rings. The van der Waals surface area contributed by atoms with Gasteiger partial charge in [-0.2, -0.15) is 24.9 Å². The monoisotopic (exact) mass is 225 g/mol. The predicted molar refractivity (Wildman–Crippen MR) is 47.9 cm³/mol. The van der Waals surface area contributed by atoms with Gasteiger partial charge in [-0.25, -0.2) is 4.98 Å². The van der Waals surface area contributed by atoms with Crippen LogP contribution in [0, 0.1) is 0 Å². The van der Waals surface area contributed by atoms with Gasteiger partial charge in [0.2, 0.25) is 0 Å².